The molecule has 0 saturated heterocycles. The zero-order valence-corrected chi connectivity index (χ0v) is 6.49. The third kappa shape index (κ3) is 2.07. The Labute approximate surface area is 70.3 Å². The molecule has 63 valence electrons. The van der Waals surface area contributed by atoms with Gasteiger partial charge in [0.15, 0.2) is 0 Å². The molecule has 0 amide bonds. The lowest BCUT2D eigenvalue weighted by atomic mass is 10.1. The number of rotatable bonds is 3. The SMILES string of the molecule is [O]Cc1ccccc1CC(=O)O. The van der Waals surface area contributed by atoms with Crippen LogP contribution in [0.5, 0.6) is 0 Å². The number of carbonyl (C=O) groups is 1. The van der Waals surface area contributed by atoms with Crippen molar-refractivity contribution in [1.82, 2.24) is 0 Å². The Morgan fingerprint density at radius 2 is 1.83 bits per heavy atom. The number of carboxylic acids is 1. The minimum atomic E-state index is -0.907. The second-order valence-corrected chi connectivity index (χ2v) is 2.48. The quantitative estimate of drug-likeness (QED) is 0.732. The van der Waals surface area contributed by atoms with Crippen molar-refractivity contribution < 1.29 is 15.0 Å². The van der Waals surface area contributed by atoms with Gasteiger partial charge in [-0.25, -0.2) is 5.11 Å². The van der Waals surface area contributed by atoms with E-state index in [1.807, 2.05) is 0 Å². The van der Waals surface area contributed by atoms with Crippen molar-refractivity contribution in [2.24, 2.45) is 0 Å². The zero-order chi connectivity index (χ0) is 8.97. The number of benzene rings is 1. The Balaban J connectivity index is 2.89. The molecule has 0 aliphatic heterocycles. The summed E-state index contributed by atoms with van der Waals surface area (Å²) in [4.78, 5) is 10.3. The summed E-state index contributed by atoms with van der Waals surface area (Å²) in [6.07, 6.45) is -0.0710. The number of carboxylic acid groups (broad SMARTS) is 1. The highest BCUT2D eigenvalue weighted by atomic mass is 16.4. The second-order valence-electron chi connectivity index (χ2n) is 2.48. The molecule has 3 nitrogen and oxygen atoms in total. The third-order valence-corrected chi connectivity index (χ3v) is 1.62. The molecule has 3 heteroatoms. The predicted octanol–water partition coefficient (Wildman–Crippen LogP) is 1.24. The molecule has 1 aromatic rings. The largest absolute Gasteiger partial charge is 0.481 e. The molecule has 0 unspecified atom stereocenters. The summed E-state index contributed by atoms with van der Waals surface area (Å²) in [5, 5.41) is 19.0. The molecule has 1 N–H and O–H groups in total. The molecular formula is C9H9O3. The van der Waals surface area contributed by atoms with Gasteiger partial charge in [-0.3, -0.25) is 4.79 Å². The monoisotopic (exact) mass is 165 g/mol. The lowest BCUT2D eigenvalue weighted by Gasteiger charge is -2.01. The molecular weight excluding hydrogens is 156 g/mol. The average molecular weight is 165 g/mol. The summed E-state index contributed by atoms with van der Waals surface area (Å²) in [6, 6.07) is 6.79. The van der Waals surface area contributed by atoms with Crippen molar-refractivity contribution in [2.75, 3.05) is 0 Å². The highest BCUT2D eigenvalue weighted by Crippen LogP contribution is 2.09. The summed E-state index contributed by atoms with van der Waals surface area (Å²) in [5.41, 5.74) is 1.18. The van der Waals surface area contributed by atoms with E-state index in [-0.39, 0.29) is 13.0 Å². The van der Waals surface area contributed by atoms with Gasteiger partial charge in [0.05, 0.1) is 6.42 Å². The van der Waals surface area contributed by atoms with E-state index in [4.69, 9.17) is 5.11 Å². The summed E-state index contributed by atoms with van der Waals surface area (Å²) < 4.78 is 0. The molecule has 0 aliphatic rings. The molecule has 0 bridgehead atoms. The first-order chi connectivity index (χ1) is 5.74. The minimum Gasteiger partial charge on any atom is -0.481 e. The van der Waals surface area contributed by atoms with Crippen LogP contribution in [0.2, 0.25) is 0 Å². The average Bonchev–Trinajstić information content (AvgIpc) is 2.04. The standard InChI is InChI=1S/C9H9O3/c10-6-8-4-2-1-3-7(8)5-9(11)12/h1-4H,5-6H2,(H,11,12). The second kappa shape index (κ2) is 3.88. The van der Waals surface area contributed by atoms with Crippen LogP contribution in [0.3, 0.4) is 0 Å². The molecule has 12 heavy (non-hydrogen) atoms. The minimum absolute atomic E-state index is 0.0710. The molecule has 0 heterocycles. The molecule has 0 aromatic heterocycles. The first kappa shape index (κ1) is 8.74. The van der Waals surface area contributed by atoms with Gasteiger partial charge in [0.1, 0.15) is 6.61 Å². The van der Waals surface area contributed by atoms with Crippen LogP contribution in [0.4, 0.5) is 0 Å². The first-order valence-electron chi connectivity index (χ1n) is 3.60. The van der Waals surface area contributed by atoms with Gasteiger partial charge in [0, 0.05) is 0 Å². The van der Waals surface area contributed by atoms with E-state index < -0.39 is 5.97 Å². The van der Waals surface area contributed by atoms with E-state index in [9.17, 15) is 9.90 Å². The maximum atomic E-state index is 10.5. The predicted molar refractivity (Wildman–Crippen MR) is 42.2 cm³/mol. The van der Waals surface area contributed by atoms with Crippen LogP contribution in [-0.2, 0) is 22.9 Å². The van der Waals surface area contributed by atoms with Crippen molar-refractivity contribution in [1.29, 1.82) is 0 Å². The number of hydrogen-bond acceptors (Lipinski definition) is 1. The summed E-state index contributed by atoms with van der Waals surface area (Å²) >= 11 is 0. The maximum absolute atomic E-state index is 10.5. The van der Waals surface area contributed by atoms with Crippen LogP contribution in [0.15, 0.2) is 24.3 Å². The molecule has 1 radical (unpaired) electrons. The lowest BCUT2D eigenvalue weighted by molar-refractivity contribution is -0.136. The molecule has 1 rings (SSSR count). The highest BCUT2D eigenvalue weighted by Gasteiger charge is 2.04. The molecule has 0 aliphatic carbocycles. The fraction of sp³-hybridized carbons (Fsp3) is 0.222. The van der Waals surface area contributed by atoms with Crippen LogP contribution < -0.4 is 0 Å². The summed E-state index contributed by atoms with van der Waals surface area (Å²) in [6.45, 7) is -0.358. The van der Waals surface area contributed by atoms with Crippen molar-refractivity contribution >= 4 is 5.97 Å². The lowest BCUT2D eigenvalue weighted by Crippen LogP contribution is -2.02. The fourth-order valence-corrected chi connectivity index (χ4v) is 1.03. The zero-order valence-electron chi connectivity index (χ0n) is 6.49. The Morgan fingerprint density at radius 3 is 2.33 bits per heavy atom. The Morgan fingerprint density at radius 1 is 1.25 bits per heavy atom. The highest BCUT2D eigenvalue weighted by molar-refractivity contribution is 5.70. The van der Waals surface area contributed by atoms with E-state index in [1.54, 1.807) is 24.3 Å². The Hall–Kier alpha value is -1.35. The van der Waals surface area contributed by atoms with Gasteiger partial charge in [-0.05, 0) is 11.1 Å². The molecule has 0 saturated carbocycles. The van der Waals surface area contributed by atoms with Gasteiger partial charge in [-0.1, -0.05) is 24.3 Å². The van der Waals surface area contributed by atoms with Crippen LogP contribution >= 0.6 is 0 Å². The van der Waals surface area contributed by atoms with Gasteiger partial charge in [0.25, 0.3) is 0 Å². The fourth-order valence-electron chi connectivity index (χ4n) is 1.03. The Kier molecular flexibility index (Phi) is 2.82. The maximum Gasteiger partial charge on any atom is 0.307 e. The van der Waals surface area contributed by atoms with Crippen LogP contribution in [-0.4, -0.2) is 11.1 Å². The first-order valence-corrected chi connectivity index (χ1v) is 3.60. The van der Waals surface area contributed by atoms with Crippen LogP contribution in [0.1, 0.15) is 11.1 Å². The molecule has 0 atom stereocenters. The van der Waals surface area contributed by atoms with Crippen molar-refractivity contribution in [2.45, 2.75) is 13.0 Å². The Bertz CT molecular complexity index is 281. The van der Waals surface area contributed by atoms with E-state index in [0.29, 0.717) is 11.1 Å². The van der Waals surface area contributed by atoms with Crippen molar-refractivity contribution in [3.63, 3.8) is 0 Å². The molecule has 0 fully saturated rings. The van der Waals surface area contributed by atoms with E-state index in [1.165, 1.54) is 0 Å². The van der Waals surface area contributed by atoms with Gasteiger partial charge in [0.2, 0.25) is 0 Å². The molecule has 1 aromatic carbocycles. The van der Waals surface area contributed by atoms with Crippen LogP contribution in [0, 0.1) is 0 Å². The summed E-state index contributed by atoms with van der Waals surface area (Å²) in [7, 11) is 0. The van der Waals surface area contributed by atoms with Gasteiger partial charge >= 0.3 is 5.97 Å². The normalized spacial score (nSPS) is 9.75. The molecule has 0 spiro atoms. The topological polar surface area (TPSA) is 57.2 Å². The van der Waals surface area contributed by atoms with Crippen molar-refractivity contribution in [3.05, 3.63) is 35.4 Å². The number of hydrogen-bond donors (Lipinski definition) is 1. The third-order valence-electron chi connectivity index (χ3n) is 1.62. The number of aliphatic carboxylic acids is 1. The van der Waals surface area contributed by atoms with Crippen molar-refractivity contribution in [3.8, 4) is 0 Å². The van der Waals surface area contributed by atoms with Gasteiger partial charge in [-0.2, -0.15) is 0 Å². The van der Waals surface area contributed by atoms with Crippen LogP contribution in [0.25, 0.3) is 0 Å². The van der Waals surface area contributed by atoms with E-state index in [2.05, 4.69) is 0 Å². The van der Waals surface area contributed by atoms with E-state index in [0.717, 1.165) is 0 Å². The smallest absolute Gasteiger partial charge is 0.307 e. The van der Waals surface area contributed by atoms with Gasteiger partial charge < -0.3 is 5.11 Å². The van der Waals surface area contributed by atoms with Gasteiger partial charge in [-0.15, -0.1) is 0 Å². The summed E-state index contributed by atoms with van der Waals surface area (Å²) in [5.74, 6) is -0.907. The van der Waals surface area contributed by atoms with E-state index >= 15 is 0 Å².